The zero-order chi connectivity index (χ0) is 41.5. The van der Waals surface area contributed by atoms with Gasteiger partial charge in [0.2, 0.25) is 0 Å². The van der Waals surface area contributed by atoms with E-state index in [0.29, 0.717) is 17.2 Å². The van der Waals surface area contributed by atoms with Crippen molar-refractivity contribution in [3.63, 3.8) is 0 Å². The topological polar surface area (TPSA) is 50.3 Å². The van der Waals surface area contributed by atoms with Gasteiger partial charge < -0.3 is 14.5 Å². The molecule has 0 saturated heterocycles. The van der Waals surface area contributed by atoms with Crippen LogP contribution in [0.5, 0.6) is 11.5 Å². The minimum absolute atomic E-state index is 0. The Morgan fingerprint density at radius 3 is 1.80 bits per heavy atom. The molecule has 0 N–H and O–H groups in total. The van der Waals surface area contributed by atoms with E-state index in [1.165, 1.54) is 71.7 Å². The molecule has 2 aliphatic heterocycles. The first-order chi connectivity index (χ1) is 27.1. The molecule has 0 amide bonds. The molecule has 0 saturated carbocycles. The molecule has 8 heteroatoms. The number of rotatable bonds is 3. The molecule has 0 fully saturated rings. The van der Waals surface area contributed by atoms with Crippen molar-refractivity contribution in [1.29, 1.82) is 0 Å². The first-order valence-corrected chi connectivity index (χ1v) is 20.5. The second-order valence-corrected chi connectivity index (χ2v) is 20.6. The average molecular weight is 963 g/mol. The zero-order valence-electron chi connectivity index (χ0n) is 36.9. The van der Waals surface area contributed by atoms with Gasteiger partial charge in [-0.2, -0.15) is 24.9 Å². The van der Waals surface area contributed by atoms with E-state index in [1.54, 1.807) is 11.7 Å². The number of aryl methyl sites for hydroxylation is 1. The van der Waals surface area contributed by atoms with Crippen LogP contribution >= 0.6 is 0 Å². The Morgan fingerprint density at radius 2 is 1.25 bits per heavy atom. The number of tetrazole rings is 1. The van der Waals surface area contributed by atoms with Gasteiger partial charge in [0, 0.05) is 22.5 Å². The number of hydrogen-bond donors (Lipinski definition) is 0. The number of aromatic nitrogens is 4. The molecule has 7 nitrogen and oxygen atoms in total. The number of hydrogen-bond acceptors (Lipinski definition) is 5. The molecule has 59 heavy (non-hydrogen) atoms. The Morgan fingerprint density at radius 1 is 0.678 bits per heavy atom. The Labute approximate surface area is 365 Å². The summed E-state index contributed by atoms with van der Waals surface area (Å²) < 4.78 is 9.74. The Balaban J connectivity index is 0.00000484. The maximum absolute atomic E-state index is 6.64. The summed E-state index contributed by atoms with van der Waals surface area (Å²) in [6.45, 7) is 30.6. The van der Waals surface area contributed by atoms with Gasteiger partial charge >= 0.3 is 21.1 Å². The van der Waals surface area contributed by atoms with Crippen LogP contribution in [0, 0.1) is 25.1 Å². The van der Waals surface area contributed by atoms with Gasteiger partial charge in [-0.1, -0.05) is 125 Å². The maximum Gasteiger partial charge on any atom is 4.00 e. The fourth-order valence-electron chi connectivity index (χ4n) is 9.34. The monoisotopic (exact) mass is 962 g/mol. The molecule has 0 bridgehead atoms. The molecule has 0 radical (unpaired) electrons. The number of anilines is 3. The van der Waals surface area contributed by atoms with Crippen LogP contribution in [0.3, 0.4) is 0 Å². The van der Waals surface area contributed by atoms with Crippen LogP contribution in [-0.2, 0) is 55.2 Å². The molecule has 1 spiro atoms. The molecule has 304 valence electrons. The smallest absolute Gasteiger partial charge is 0.511 e. The molecule has 3 heterocycles. The van der Waals surface area contributed by atoms with Crippen LogP contribution < -0.4 is 19.2 Å². The summed E-state index contributed by atoms with van der Waals surface area (Å²) in [5.41, 5.74) is 16.3. The first kappa shape index (κ1) is 41.0. The van der Waals surface area contributed by atoms with Crippen molar-refractivity contribution in [3.05, 3.63) is 142 Å². The number of fused-ring (bicyclic) bond motifs is 9. The average Bonchev–Trinajstić information content (AvgIpc) is 3.81. The molecule has 0 atom stereocenters. The van der Waals surface area contributed by atoms with E-state index in [2.05, 4.69) is 190 Å². The van der Waals surface area contributed by atoms with Crippen LogP contribution in [0.2, 0.25) is 0 Å². The van der Waals surface area contributed by atoms with E-state index in [1.807, 2.05) is 18.2 Å². The SMILES string of the molecule is CN1[CH-]N2c3[c-]c(Oc4[c-]c(-n5[c-][n+](C)nn5)ccc4)ccc3C3(c4cccc1c42)c1c(cc(C(C)(C)C)cc1C(C)(C)C)-c1cc(C(C)(C)C)cc(C(C)(C)C)c13.[Pt+4]. The number of ether oxygens (including phenoxy) is 1. The first-order valence-electron chi connectivity index (χ1n) is 20.5. The van der Waals surface area contributed by atoms with E-state index in [4.69, 9.17) is 4.74 Å². The van der Waals surface area contributed by atoms with Crippen molar-refractivity contribution in [2.45, 2.75) is 110 Å². The third-order valence-corrected chi connectivity index (χ3v) is 12.2. The molecule has 5 aromatic carbocycles. The van der Waals surface area contributed by atoms with Gasteiger partial charge in [0.25, 0.3) is 0 Å². The van der Waals surface area contributed by atoms with E-state index < -0.39 is 5.41 Å². The molecular weight excluding hydrogens is 908 g/mol. The Bertz CT molecular complexity index is 2580. The minimum atomic E-state index is -0.654. The maximum atomic E-state index is 6.64. The minimum Gasteiger partial charge on any atom is -0.511 e. The van der Waals surface area contributed by atoms with Crippen molar-refractivity contribution in [2.24, 2.45) is 7.05 Å². The van der Waals surface area contributed by atoms with Gasteiger partial charge in [-0.3, -0.25) is 0 Å². The normalized spacial score (nSPS) is 15.2. The van der Waals surface area contributed by atoms with Crippen molar-refractivity contribution in [1.82, 2.24) is 15.1 Å². The second-order valence-electron chi connectivity index (χ2n) is 20.6. The Hall–Kier alpha value is -4.74. The third kappa shape index (κ3) is 6.28. The van der Waals surface area contributed by atoms with Crippen molar-refractivity contribution < 1.29 is 30.5 Å². The molecule has 0 unspecified atom stereocenters. The van der Waals surface area contributed by atoms with Gasteiger partial charge in [0.15, 0.2) is 0 Å². The summed E-state index contributed by atoms with van der Waals surface area (Å²) >= 11 is 0. The van der Waals surface area contributed by atoms with Crippen molar-refractivity contribution in [3.8, 4) is 28.3 Å². The molecule has 9 rings (SSSR count). The summed E-state index contributed by atoms with van der Waals surface area (Å²) in [6.07, 6.45) is 3.06. The summed E-state index contributed by atoms with van der Waals surface area (Å²) in [5.74, 6) is 1.16. The van der Waals surface area contributed by atoms with Crippen LogP contribution in [0.25, 0.3) is 16.8 Å². The number of para-hydroxylation sites is 1. The summed E-state index contributed by atoms with van der Waals surface area (Å²) in [4.78, 5) is 4.58. The fourth-order valence-corrected chi connectivity index (χ4v) is 9.34. The zero-order valence-corrected chi connectivity index (χ0v) is 39.2. The quantitative estimate of drug-likeness (QED) is 0.130. The van der Waals surface area contributed by atoms with Gasteiger partial charge in [0.05, 0.1) is 12.3 Å². The van der Waals surface area contributed by atoms with Crippen LogP contribution in [0.4, 0.5) is 17.1 Å². The fraction of sp³-hybridized carbons (Fsp3) is 0.373. The second kappa shape index (κ2) is 13.4. The van der Waals surface area contributed by atoms with Crippen molar-refractivity contribution in [2.75, 3.05) is 16.8 Å². The predicted molar refractivity (Wildman–Crippen MR) is 233 cm³/mol. The molecular formula is C51H55N6OPt+. The largest absolute Gasteiger partial charge is 4.00 e. The van der Waals surface area contributed by atoms with Gasteiger partial charge in [-0.25, -0.2) is 15.4 Å². The summed E-state index contributed by atoms with van der Waals surface area (Å²) in [6, 6.07) is 34.4. The van der Waals surface area contributed by atoms with Crippen LogP contribution in [-0.4, -0.2) is 22.2 Å². The van der Waals surface area contributed by atoms with E-state index in [0.717, 1.165) is 5.69 Å². The van der Waals surface area contributed by atoms with Gasteiger partial charge in [-0.05, 0) is 90.6 Å². The van der Waals surface area contributed by atoms with Gasteiger partial charge in [0.1, 0.15) is 11.5 Å². The summed E-state index contributed by atoms with van der Waals surface area (Å²) in [5, 5.41) is 8.21. The van der Waals surface area contributed by atoms with E-state index >= 15 is 0 Å². The van der Waals surface area contributed by atoms with E-state index in [9.17, 15) is 0 Å². The van der Waals surface area contributed by atoms with E-state index in [-0.39, 0.29) is 42.7 Å². The molecule has 1 aromatic heterocycles. The molecule has 1 aliphatic carbocycles. The summed E-state index contributed by atoms with van der Waals surface area (Å²) in [7, 11) is 3.93. The number of benzene rings is 5. The van der Waals surface area contributed by atoms with Crippen LogP contribution in [0.15, 0.2) is 72.8 Å². The van der Waals surface area contributed by atoms with Crippen LogP contribution in [0.1, 0.15) is 128 Å². The Kier molecular flexibility index (Phi) is 9.30. The van der Waals surface area contributed by atoms with Crippen molar-refractivity contribution >= 4 is 17.1 Å². The predicted octanol–water partition coefficient (Wildman–Crippen LogP) is 10.9. The number of nitrogens with zero attached hydrogens (tertiary/aromatic N) is 6. The molecule has 6 aromatic rings. The van der Waals surface area contributed by atoms with Gasteiger partial charge in [-0.15, -0.1) is 29.4 Å². The molecule has 3 aliphatic rings. The third-order valence-electron chi connectivity index (χ3n) is 12.2. The standard InChI is InChI=1S/C51H55N6O.Pt/c1-47(2,3)31-23-36-37-24-32(48(4,5)6)26-41(50(10,11)12)45(37)51(44(36)40(25-31)49(7,8)9)38-22-21-35(58-34-18-15-17-33(27-34)57-30-55(14)52-53-57)28-43(38)56-29-54(13)42-20-16-19-39(51)46(42)56;/h15-26,29H,1-14H3;/q-3;+4.